The Morgan fingerprint density at radius 3 is 2.50 bits per heavy atom. The number of carbonyl (C=O) groups excluding carboxylic acids is 2. The average Bonchev–Trinajstić information content (AvgIpc) is 2.01. The number of hydrogen-bond acceptors (Lipinski definition) is 4. The van der Waals surface area contributed by atoms with Gasteiger partial charge < -0.3 is 15.8 Å². The van der Waals surface area contributed by atoms with Gasteiger partial charge in [-0.15, -0.1) is 12.4 Å². The van der Waals surface area contributed by atoms with E-state index in [9.17, 15) is 9.59 Å². The van der Waals surface area contributed by atoms with Crippen LogP contribution in [0.15, 0.2) is 0 Å². The van der Waals surface area contributed by atoms with Gasteiger partial charge in [-0.3, -0.25) is 9.59 Å². The molecule has 0 aromatic heterocycles. The molecule has 5 nitrogen and oxygen atoms in total. The fraction of sp³-hybridized carbons (Fsp3) is 0.667. The van der Waals surface area contributed by atoms with Gasteiger partial charge in [0.05, 0.1) is 7.11 Å². The first-order valence-electron chi connectivity index (χ1n) is 3.24. The molecule has 0 spiro atoms. The first-order chi connectivity index (χ1) is 5.20. The lowest BCUT2D eigenvalue weighted by molar-refractivity contribution is -0.141. The first-order valence-corrected chi connectivity index (χ1v) is 3.24. The molecule has 0 fully saturated rings. The number of methoxy groups -OCH3 is 1. The maximum absolute atomic E-state index is 10.7. The molecule has 0 radical (unpaired) electrons. The van der Waals surface area contributed by atoms with E-state index < -0.39 is 5.97 Å². The second-order valence-corrected chi connectivity index (χ2v) is 1.89. The van der Waals surface area contributed by atoms with Gasteiger partial charge in [0, 0.05) is 13.0 Å². The Morgan fingerprint density at radius 2 is 2.08 bits per heavy atom. The van der Waals surface area contributed by atoms with E-state index in [1.165, 1.54) is 7.11 Å². The largest absolute Gasteiger partial charge is 0.468 e. The highest BCUT2D eigenvalue weighted by molar-refractivity contribution is 5.85. The maximum Gasteiger partial charge on any atom is 0.325 e. The minimum Gasteiger partial charge on any atom is -0.468 e. The molecule has 0 aromatic carbocycles. The Balaban J connectivity index is 0. The van der Waals surface area contributed by atoms with Crippen LogP contribution in [0.3, 0.4) is 0 Å². The average molecular weight is 197 g/mol. The Bertz CT molecular complexity index is 152. The first kappa shape index (κ1) is 13.8. The summed E-state index contributed by atoms with van der Waals surface area (Å²) in [5, 5.41) is 2.34. The number of nitrogens with two attached hydrogens (primary N) is 1. The molecule has 0 aliphatic heterocycles. The molecule has 0 saturated carbocycles. The molecule has 6 heteroatoms. The molecule has 0 heterocycles. The van der Waals surface area contributed by atoms with E-state index in [2.05, 4.69) is 10.1 Å². The van der Waals surface area contributed by atoms with Gasteiger partial charge in [-0.25, -0.2) is 0 Å². The van der Waals surface area contributed by atoms with Gasteiger partial charge in [0.15, 0.2) is 0 Å². The summed E-state index contributed by atoms with van der Waals surface area (Å²) in [6.07, 6.45) is 0.233. The summed E-state index contributed by atoms with van der Waals surface area (Å²) >= 11 is 0. The maximum atomic E-state index is 10.7. The number of nitrogens with one attached hydrogen (secondary N) is 1. The van der Waals surface area contributed by atoms with Crippen molar-refractivity contribution in [2.45, 2.75) is 6.42 Å². The molecule has 1 amide bonds. The number of rotatable bonds is 4. The smallest absolute Gasteiger partial charge is 0.325 e. The minimum atomic E-state index is -0.463. The standard InChI is InChI=1S/C6H12N2O3.ClH/c1-11-6(10)4-8-5(9)2-3-7;/h2-4,7H2,1H3,(H,8,9);1H. The Hall–Kier alpha value is -0.810. The number of hydrogen-bond donors (Lipinski definition) is 2. The zero-order valence-corrected chi connectivity index (χ0v) is 7.65. The highest BCUT2D eigenvalue weighted by atomic mass is 35.5. The van der Waals surface area contributed by atoms with Crippen molar-refractivity contribution >= 4 is 24.3 Å². The topological polar surface area (TPSA) is 81.4 Å². The van der Waals surface area contributed by atoms with E-state index in [1.807, 2.05) is 0 Å². The van der Waals surface area contributed by atoms with Crippen molar-refractivity contribution in [2.24, 2.45) is 5.73 Å². The molecule has 3 N–H and O–H groups in total. The predicted octanol–water partition coefficient (Wildman–Crippen LogP) is -0.954. The lowest BCUT2D eigenvalue weighted by Crippen LogP contribution is -2.31. The second kappa shape index (κ2) is 8.29. The van der Waals surface area contributed by atoms with Gasteiger partial charge in [0.25, 0.3) is 0 Å². The van der Waals surface area contributed by atoms with Crippen LogP contribution < -0.4 is 11.1 Å². The quantitative estimate of drug-likeness (QED) is 0.568. The van der Waals surface area contributed by atoms with Crippen LogP contribution in [0.5, 0.6) is 0 Å². The van der Waals surface area contributed by atoms with Gasteiger partial charge in [0.1, 0.15) is 6.54 Å². The number of carbonyl (C=O) groups is 2. The normalized spacial score (nSPS) is 8.17. The van der Waals surface area contributed by atoms with Crippen LogP contribution in [0.4, 0.5) is 0 Å². The number of amides is 1. The molecule has 0 aliphatic rings. The molecule has 0 bridgehead atoms. The highest BCUT2D eigenvalue weighted by Gasteiger charge is 2.02. The van der Waals surface area contributed by atoms with Crippen molar-refractivity contribution in [1.82, 2.24) is 5.32 Å². The van der Waals surface area contributed by atoms with Crippen molar-refractivity contribution in [1.29, 1.82) is 0 Å². The van der Waals surface area contributed by atoms with Crippen LogP contribution in [0, 0.1) is 0 Å². The molecular formula is C6H13ClN2O3. The van der Waals surface area contributed by atoms with E-state index in [-0.39, 0.29) is 37.8 Å². The van der Waals surface area contributed by atoms with Crippen molar-refractivity contribution in [3.05, 3.63) is 0 Å². The molecule has 12 heavy (non-hydrogen) atoms. The molecule has 0 atom stereocenters. The van der Waals surface area contributed by atoms with Gasteiger partial charge >= 0.3 is 5.97 Å². The van der Waals surface area contributed by atoms with E-state index >= 15 is 0 Å². The molecular weight excluding hydrogens is 184 g/mol. The van der Waals surface area contributed by atoms with Crippen LogP contribution >= 0.6 is 12.4 Å². The van der Waals surface area contributed by atoms with Gasteiger partial charge in [0.2, 0.25) is 5.91 Å². The lowest BCUT2D eigenvalue weighted by atomic mass is 10.4. The summed E-state index contributed by atoms with van der Waals surface area (Å²) in [4.78, 5) is 21.1. The molecule has 0 rings (SSSR count). The highest BCUT2D eigenvalue weighted by Crippen LogP contribution is 1.75. The van der Waals surface area contributed by atoms with Crippen LogP contribution in [-0.4, -0.2) is 32.1 Å². The summed E-state index contributed by atoms with van der Waals surface area (Å²) in [7, 11) is 1.26. The summed E-state index contributed by atoms with van der Waals surface area (Å²) in [6.45, 7) is 0.197. The predicted molar refractivity (Wildman–Crippen MR) is 45.9 cm³/mol. The summed E-state index contributed by atoms with van der Waals surface area (Å²) < 4.78 is 4.29. The molecule has 0 aromatic rings. The Labute approximate surface area is 77.0 Å². The fourth-order valence-corrected chi connectivity index (χ4v) is 0.462. The van der Waals surface area contributed by atoms with Crippen molar-refractivity contribution < 1.29 is 14.3 Å². The monoisotopic (exact) mass is 196 g/mol. The zero-order chi connectivity index (χ0) is 8.69. The second-order valence-electron chi connectivity index (χ2n) is 1.89. The van der Waals surface area contributed by atoms with Gasteiger partial charge in [-0.2, -0.15) is 0 Å². The van der Waals surface area contributed by atoms with E-state index in [0.29, 0.717) is 0 Å². The van der Waals surface area contributed by atoms with Crippen molar-refractivity contribution in [3.63, 3.8) is 0 Å². The molecule has 0 aliphatic carbocycles. The molecule has 0 saturated heterocycles. The van der Waals surface area contributed by atoms with E-state index in [1.54, 1.807) is 0 Å². The Morgan fingerprint density at radius 1 is 1.50 bits per heavy atom. The summed E-state index contributed by atoms with van der Waals surface area (Å²) in [6, 6.07) is 0. The van der Waals surface area contributed by atoms with E-state index in [0.717, 1.165) is 0 Å². The van der Waals surface area contributed by atoms with E-state index in [4.69, 9.17) is 5.73 Å². The zero-order valence-electron chi connectivity index (χ0n) is 6.83. The van der Waals surface area contributed by atoms with Crippen molar-refractivity contribution in [2.75, 3.05) is 20.2 Å². The third kappa shape index (κ3) is 7.30. The summed E-state index contributed by atoms with van der Waals surface area (Å²) in [5.74, 6) is -0.701. The van der Waals surface area contributed by atoms with Crippen LogP contribution in [0.2, 0.25) is 0 Å². The van der Waals surface area contributed by atoms with Crippen LogP contribution in [0.1, 0.15) is 6.42 Å². The fourth-order valence-electron chi connectivity index (χ4n) is 0.462. The molecule has 72 valence electrons. The molecule has 0 unspecified atom stereocenters. The number of esters is 1. The SMILES string of the molecule is COC(=O)CNC(=O)CCN.Cl. The third-order valence-corrected chi connectivity index (χ3v) is 1.03. The van der Waals surface area contributed by atoms with Gasteiger partial charge in [-0.1, -0.05) is 0 Å². The van der Waals surface area contributed by atoms with Gasteiger partial charge in [-0.05, 0) is 0 Å². The van der Waals surface area contributed by atoms with Crippen LogP contribution in [-0.2, 0) is 14.3 Å². The lowest BCUT2D eigenvalue weighted by Gasteiger charge is -2.01. The van der Waals surface area contributed by atoms with Crippen LogP contribution in [0.25, 0.3) is 0 Å². The summed E-state index contributed by atoms with van der Waals surface area (Å²) in [5.41, 5.74) is 5.09. The number of halogens is 1. The van der Waals surface area contributed by atoms with Crippen molar-refractivity contribution in [3.8, 4) is 0 Å². The minimum absolute atomic E-state index is 0. The third-order valence-electron chi connectivity index (χ3n) is 1.03. The number of ether oxygens (including phenoxy) is 1. The Kier molecular flexibility index (Phi) is 9.50.